The Hall–Kier alpha value is -2.15. The summed E-state index contributed by atoms with van der Waals surface area (Å²) in [6.45, 7) is 4.69. The number of carboxylic acid groups (broad SMARTS) is 1. The van der Waals surface area contributed by atoms with Crippen molar-refractivity contribution in [3.8, 4) is 0 Å². The summed E-state index contributed by atoms with van der Waals surface area (Å²) in [5, 5.41) is 13.1. The zero-order valence-corrected chi connectivity index (χ0v) is 11.1. The Kier molecular flexibility index (Phi) is 5.25. The molecule has 0 saturated carbocycles. The number of nitrogens with zero attached hydrogens (tertiary/aromatic N) is 1. The van der Waals surface area contributed by atoms with Gasteiger partial charge in [-0.15, -0.1) is 17.9 Å². The average Bonchev–Trinajstić information content (AvgIpc) is 2.85. The second-order valence-electron chi connectivity index (χ2n) is 3.65. The molecule has 1 unspecified atom stereocenters. The first-order chi connectivity index (χ1) is 8.97. The molecule has 0 aliphatic carbocycles. The molecule has 0 aliphatic heterocycles. The van der Waals surface area contributed by atoms with E-state index in [0.717, 1.165) is 4.90 Å². The van der Waals surface area contributed by atoms with Gasteiger partial charge in [0.15, 0.2) is 6.04 Å². The van der Waals surface area contributed by atoms with Gasteiger partial charge in [0.2, 0.25) is 5.91 Å². The van der Waals surface area contributed by atoms with Crippen LogP contribution in [-0.4, -0.2) is 34.5 Å². The summed E-state index contributed by atoms with van der Waals surface area (Å²) in [6, 6.07) is 1.37. The minimum Gasteiger partial charge on any atom is -0.479 e. The fraction of sp³-hybridized carbons (Fsp3) is 0.250. The third-order valence-corrected chi connectivity index (χ3v) is 3.22. The lowest BCUT2D eigenvalue weighted by Crippen LogP contribution is -2.45. The van der Waals surface area contributed by atoms with Crippen LogP contribution in [0.5, 0.6) is 0 Å². The molecular weight excluding hydrogens is 268 g/mol. The van der Waals surface area contributed by atoms with Crippen LogP contribution in [0.25, 0.3) is 0 Å². The SMILES string of the molecule is C=CCN(C(C)=O)C(=O)NC(C(=O)O)c1cccs1. The molecule has 1 aromatic rings. The quantitative estimate of drug-likeness (QED) is 0.803. The minimum atomic E-state index is -1.18. The molecule has 1 aromatic heterocycles. The lowest BCUT2D eigenvalue weighted by molar-refractivity contribution is -0.139. The predicted molar refractivity (Wildman–Crippen MR) is 70.8 cm³/mol. The van der Waals surface area contributed by atoms with E-state index >= 15 is 0 Å². The molecule has 0 radical (unpaired) electrons. The fourth-order valence-electron chi connectivity index (χ4n) is 1.40. The van der Waals surface area contributed by atoms with Gasteiger partial charge in [-0.05, 0) is 11.4 Å². The number of nitrogens with one attached hydrogen (secondary N) is 1. The standard InChI is InChI=1S/C12H14N2O4S/c1-3-6-14(8(2)15)12(18)13-10(11(16)17)9-5-4-7-19-9/h3-5,7,10H,1,6H2,2H3,(H,13,18)(H,16,17). The molecule has 7 heteroatoms. The Morgan fingerprint density at radius 2 is 2.26 bits per heavy atom. The van der Waals surface area contributed by atoms with Gasteiger partial charge in [-0.25, -0.2) is 9.59 Å². The maximum atomic E-state index is 11.9. The number of amides is 3. The van der Waals surface area contributed by atoms with Gasteiger partial charge in [0.25, 0.3) is 0 Å². The monoisotopic (exact) mass is 282 g/mol. The minimum absolute atomic E-state index is 0.0257. The van der Waals surface area contributed by atoms with Crippen molar-refractivity contribution in [3.05, 3.63) is 35.0 Å². The highest BCUT2D eigenvalue weighted by Gasteiger charge is 2.26. The van der Waals surface area contributed by atoms with E-state index in [4.69, 9.17) is 5.11 Å². The third-order valence-electron chi connectivity index (χ3n) is 2.28. The van der Waals surface area contributed by atoms with Gasteiger partial charge in [0.05, 0.1) is 0 Å². The zero-order valence-electron chi connectivity index (χ0n) is 10.3. The van der Waals surface area contributed by atoms with Crippen molar-refractivity contribution in [2.24, 2.45) is 0 Å². The smallest absolute Gasteiger partial charge is 0.331 e. The van der Waals surface area contributed by atoms with Crippen molar-refractivity contribution in [2.75, 3.05) is 6.54 Å². The van der Waals surface area contributed by atoms with Gasteiger partial charge in [-0.3, -0.25) is 9.69 Å². The van der Waals surface area contributed by atoms with Crippen LogP contribution in [0.3, 0.4) is 0 Å². The molecule has 3 amide bonds. The highest BCUT2D eigenvalue weighted by Crippen LogP contribution is 2.19. The Morgan fingerprint density at radius 1 is 1.58 bits per heavy atom. The van der Waals surface area contributed by atoms with E-state index in [2.05, 4.69) is 11.9 Å². The number of hydrogen-bond donors (Lipinski definition) is 2. The van der Waals surface area contributed by atoms with E-state index in [-0.39, 0.29) is 6.54 Å². The molecule has 0 aliphatic rings. The first-order valence-corrected chi connectivity index (χ1v) is 6.31. The number of hydrogen-bond acceptors (Lipinski definition) is 4. The maximum Gasteiger partial charge on any atom is 0.331 e. The Morgan fingerprint density at radius 3 is 2.68 bits per heavy atom. The normalized spacial score (nSPS) is 11.4. The molecule has 2 N–H and O–H groups in total. The summed E-state index contributed by atoms with van der Waals surface area (Å²) < 4.78 is 0. The van der Waals surface area contributed by atoms with Crippen LogP contribution in [0.2, 0.25) is 0 Å². The predicted octanol–water partition coefficient (Wildman–Crippen LogP) is 1.62. The molecule has 1 rings (SSSR count). The lowest BCUT2D eigenvalue weighted by atomic mass is 10.2. The molecule has 0 spiro atoms. The van der Waals surface area contributed by atoms with E-state index in [1.54, 1.807) is 17.5 Å². The second kappa shape index (κ2) is 6.69. The number of aliphatic carboxylic acids is 1. The van der Waals surface area contributed by atoms with Crippen molar-refractivity contribution in [2.45, 2.75) is 13.0 Å². The summed E-state index contributed by atoms with van der Waals surface area (Å²) >= 11 is 1.22. The second-order valence-corrected chi connectivity index (χ2v) is 4.63. The third kappa shape index (κ3) is 3.92. The average molecular weight is 282 g/mol. The van der Waals surface area contributed by atoms with Crippen LogP contribution in [-0.2, 0) is 9.59 Å². The summed E-state index contributed by atoms with van der Waals surface area (Å²) in [5.74, 6) is -1.66. The van der Waals surface area contributed by atoms with E-state index in [9.17, 15) is 14.4 Å². The summed E-state index contributed by atoms with van der Waals surface area (Å²) in [4.78, 5) is 35.7. The summed E-state index contributed by atoms with van der Waals surface area (Å²) in [5.41, 5.74) is 0. The van der Waals surface area contributed by atoms with Crippen molar-refractivity contribution in [1.29, 1.82) is 0 Å². The number of carboxylic acids is 1. The highest BCUT2D eigenvalue weighted by molar-refractivity contribution is 7.10. The first kappa shape index (κ1) is 14.9. The highest BCUT2D eigenvalue weighted by atomic mass is 32.1. The van der Waals surface area contributed by atoms with Gasteiger partial charge < -0.3 is 10.4 Å². The van der Waals surface area contributed by atoms with E-state index < -0.39 is 23.9 Å². The van der Waals surface area contributed by atoms with Gasteiger partial charge in [0.1, 0.15) is 0 Å². The molecule has 19 heavy (non-hydrogen) atoms. The van der Waals surface area contributed by atoms with E-state index in [0.29, 0.717) is 4.88 Å². The lowest BCUT2D eigenvalue weighted by Gasteiger charge is -2.20. The number of thiophene rings is 1. The van der Waals surface area contributed by atoms with E-state index in [1.165, 1.54) is 24.3 Å². The Balaban J connectivity index is 2.85. The Bertz CT molecular complexity index is 484. The summed E-state index contributed by atoms with van der Waals surface area (Å²) in [7, 11) is 0. The fourth-order valence-corrected chi connectivity index (χ4v) is 2.16. The van der Waals surface area contributed by atoms with E-state index in [1.807, 2.05) is 0 Å². The zero-order chi connectivity index (χ0) is 14.4. The first-order valence-electron chi connectivity index (χ1n) is 5.43. The summed E-state index contributed by atoms with van der Waals surface area (Å²) in [6.07, 6.45) is 1.39. The molecule has 0 saturated heterocycles. The van der Waals surface area contributed by atoms with Crippen LogP contribution in [0.15, 0.2) is 30.2 Å². The molecule has 6 nitrogen and oxygen atoms in total. The molecule has 0 bridgehead atoms. The molecule has 0 fully saturated rings. The number of imide groups is 1. The molecule has 1 atom stereocenters. The maximum absolute atomic E-state index is 11.9. The van der Waals surface area contributed by atoms with Crippen molar-refractivity contribution >= 4 is 29.2 Å². The number of urea groups is 1. The van der Waals surface area contributed by atoms with Gasteiger partial charge in [0, 0.05) is 18.3 Å². The molecular formula is C12H14N2O4S. The molecule has 102 valence electrons. The van der Waals surface area contributed by atoms with Crippen molar-refractivity contribution in [1.82, 2.24) is 10.2 Å². The van der Waals surface area contributed by atoms with Crippen molar-refractivity contribution in [3.63, 3.8) is 0 Å². The van der Waals surface area contributed by atoms with Crippen LogP contribution < -0.4 is 5.32 Å². The van der Waals surface area contributed by atoms with Crippen LogP contribution >= 0.6 is 11.3 Å². The van der Waals surface area contributed by atoms with Gasteiger partial charge in [-0.1, -0.05) is 12.1 Å². The van der Waals surface area contributed by atoms with Crippen LogP contribution in [0.1, 0.15) is 17.8 Å². The molecule has 0 aromatic carbocycles. The topological polar surface area (TPSA) is 86.7 Å². The molecule has 1 heterocycles. The number of rotatable bonds is 5. The largest absolute Gasteiger partial charge is 0.479 e. The Labute approximate surface area is 114 Å². The number of carbonyl (C=O) groups excluding carboxylic acids is 2. The number of carbonyl (C=O) groups is 3. The van der Waals surface area contributed by atoms with Crippen LogP contribution in [0, 0.1) is 0 Å². The van der Waals surface area contributed by atoms with Gasteiger partial charge in [-0.2, -0.15) is 0 Å². The van der Waals surface area contributed by atoms with Crippen molar-refractivity contribution < 1.29 is 19.5 Å². The van der Waals surface area contributed by atoms with Gasteiger partial charge >= 0.3 is 12.0 Å². The van der Waals surface area contributed by atoms with Crippen LogP contribution in [0.4, 0.5) is 4.79 Å².